The van der Waals surface area contributed by atoms with Crippen LogP contribution >= 0.6 is 11.3 Å². The summed E-state index contributed by atoms with van der Waals surface area (Å²) in [7, 11) is -2.05. The van der Waals surface area contributed by atoms with E-state index in [0.717, 1.165) is 4.88 Å². The largest absolute Gasteiger partial charge is 0.328 e. The van der Waals surface area contributed by atoms with Crippen LogP contribution in [-0.2, 0) is 16.6 Å². The molecule has 0 saturated carbocycles. The van der Waals surface area contributed by atoms with Gasteiger partial charge in [0.05, 0.1) is 4.90 Å². The molecule has 0 radical (unpaired) electrons. The lowest BCUT2D eigenvalue weighted by Crippen LogP contribution is -2.26. The molecule has 2 aromatic heterocycles. The zero-order valence-corrected chi connectivity index (χ0v) is 11.3. The van der Waals surface area contributed by atoms with Crippen LogP contribution in [0.25, 0.3) is 0 Å². The van der Waals surface area contributed by atoms with E-state index in [1.807, 2.05) is 17.5 Å². The van der Waals surface area contributed by atoms with Crippen molar-refractivity contribution in [1.82, 2.24) is 9.29 Å². The molecule has 0 unspecified atom stereocenters. The molecule has 0 bridgehead atoms. The Kier molecular flexibility index (Phi) is 3.65. The van der Waals surface area contributed by atoms with E-state index < -0.39 is 10.0 Å². The number of nitrogens with one attached hydrogen (secondary N) is 1. The summed E-state index contributed by atoms with van der Waals surface area (Å²) in [4.78, 5) is 14.3. The standard InChI is InChI=1S/C11H12N2O3S2/c1-13(8-9-3-2-6-17-9)18(15,16)10-4-5-11(14)12-7-10/h2-7H,8H2,1H3,(H,12,14). The third-order valence-corrected chi connectivity index (χ3v) is 5.08. The third-order valence-electron chi connectivity index (χ3n) is 2.42. The van der Waals surface area contributed by atoms with Crippen molar-refractivity contribution in [1.29, 1.82) is 0 Å². The number of aromatic nitrogens is 1. The van der Waals surface area contributed by atoms with E-state index >= 15 is 0 Å². The van der Waals surface area contributed by atoms with E-state index in [1.165, 1.54) is 41.0 Å². The molecule has 0 amide bonds. The predicted octanol–water partition coefficient (Wildman–Crippen LogP) is 1.26. The number of hydrogen-bond donors (Lipinski definition) is 1. The second-order valence-corrected chi connectivity index (χ2v) is 6.81. The normalized spacial score (nSPS) is 11.9. The fourth-order valence-electron chi connectivity index (χ4n) is 1.44. The molecule has 7 heteroatoms. The van der Waals surface area contributed by atoms with Crippen LogP contribution in [0.4, 0.5) is 0 Å². The first-order chi connectivity index (χ1) is 8.50. The predicted molar refractivity (Wildman–Crippen MR) is 70.0 cm³/mol. The molecule has 18 heavy (non-hydrogen) atoms. The minimum atomic E-state index is -3.56. The first-order valence-corrected chi connectivity index (χ1v) is 7.49. The summed E-state index contributed by atoms with van der Waals surface area (Å²) in [5.41, 5.74) is -0.324. The second kappa shape index (κ2) is 5.05. The van der Waals surface area contributed by atoms with Gasteiger partial charge in [-0.15, -0.1) is 11.3 Å². The topological polar surface area (TPSA) is 70.2 Å². The third kappa shape index (κ3) is 2.69. The molecule has 2 rings (SSSR count). The number of sulfonamides is 1. The van der Waals surface area contributed by atoms with E-state index in [0.29, 0.717) is 6.54 Å². The summed E-state index contributed by atoms with van der Waals surface area (Å²) in [5.74, 6) is 0. The highest BCUT2D eigenvalue weighted by Gasteiger charge is 2.21. The lowest BCUT2D eigenvalue weighted by atomic mass is 10.5. The zero-order valence-electron chi connectivity index (χ0n) is 9.66. The minimum absolute atomic E-state index is 0.0844. The summed E-state index contributed by atoms with van der Waals surface area (Å²) in [5, 5.41) is 1.90. The van der Waals surface area contributed by atoms with Crippen molar-refractivity contribution >= 4 is 21.4 Å². The molecular formula is C11H12N2O3S2. The highest BCUT2D eigenvalue weighted by molar-refractivity contribution is 7.89. The van der Waals surface area contributed by atoms with Crippen LogP contribution in [0.5, 0.6) is 0 Å². The van der Waals surface area contributed by atoms with Gasteiger partial charge in [-0.05, 0) is 17.5 Å². The van der Waals surface area contributed by atoms with E-state index in [4.69, 9.17) is 0 Å². The summed E-state index contributed by atoms with van der Waals surface area (Å²) in [6.07, 6.45) is 1.21. The Morgan fingerprint density at radius 2 is 2.11 bits per heavy atom. The Hall–Kier alpha value is -1.44. The van der Waals surface area contributed by atoms with Crippen LogP contribution in [0, 0.1) is 0 Å². The van der Waals surface area contributed by atoms with Crippen molar-refractivity contribution in [3.63, 3.8) is 0 Å². The molecule has 2 heterocycles. The van der Waals surface area contributed by atoms with Gasteiger partial charge >= 0.3 is 0 Å². The Morgan fingerprint density at radius 1 is 1.33 bits per heavy atom. The van der Waals surface area contributed by atoms with Gasteiger partial charge in [-0.1, -0.05) is 6.07 Å². The van der Waals surface area contributed by atoms with Gasteiger partial charge in [-0.2, -0.15) is 4.31 Å². The Morgan fingerprint density at radius 3 is 2.67 bits per heavy atom. The van der Waals surface area contributed by atoms with Crippen LogP contribution in [0.3, 0.4) is 0 Å². The van der Waals surface area contributed by atoms with Crippen molar-refractivity contribution in [3.8, 4) is 0 Å². The minimum Gasteiger partial charge on any atom is -0.328 e. The van der Waals surface area contributed by atoms with Crippen LogP contribution in [0.15, 0.2) is 45.5 Å². The van der Waals surface area contributed by atoms with Gasteiger partial charge in [0.15, 0.2) is 0 Å². The molecule has 0 aromatic carbocycles. The van der Waals surface area contributed by atoms with Crippen LogP contribution in [-0.4, -0.2) is 24.8 Å². The number of pyridine rings is 1. The molecule has 0 atom stereocenters. The maximum atomic E-state index is 12.2. The molecule has 0 spiro atoms. The van der Waals surface area contributed by atoms with Gasteiger partial charge < -0.3 is 4.98 Å². The number of rotatable bonds is 4. The molecule has 0 saturated heterocycles. The van der Waals surface area contributed by atoms with E-state index in [-0.39, 0.29) is 10.5 Å². The second-order valence-electron chi connectivity index (χ2n) is 3.73. The molecular weight excluding hydrogens is 272 g/mol. The number of thiophene rings is 1. The molecule has 0 aliphatic rings. The van der Waals surface area contributed by atoms with Crippen LogP contribution < -0.4 is 5.56 Å². The molecule has 0 aliphatic carbocycles. The fraction of sp³-hybridized carbons (Fsp3) is 0.182. The number of hydrogen-bond acceptors (Lipinski definition) is 4. The van der Waals surface area contributed by atoms with Crippen molar-refractivity contribution < 1.29 is 8.42 Å². The SMILES string of the molecule is CN(Cc1cccs1)S(=O)(=O)c1ccc(=O)[nH]c1. The summed E-state index contributed by atoms with van der Waals surface area (Å²) < 4.78 is 25.6. The molecule has 96 valence electrons. The molecule has 1 N–H and O–H groups in total. The van der Waals surface area contributed by atoms with Crippen LogP contribution in [0.2, 0.25) is 0 Å². The average molecular weight is 284 g/mol. The highest BCUT2D eigenvalue weighted by atomic mass is 32.2. The van der Waals surface area contributed by atoms with Gasteiger partial charge in [-0.25, -0.2) is 8.42 Å². The molecule has 5 nitrogen and oxygen atoms in total. The lowest BCUT2D eigenvalue weighted by Gasteiger charge is -2.15. The van der Waals surface area contributed by atoms with Gasteiger partial charge in [0.25, 0.3) is 0 Å². The summed E-state index contributed by atoms with van der Waals surface area (Å²) >= 11 is 1.50. The van der Waals surface area contributed by atoms with E-state index in [9.17, 15) is 13.2 Å². The Labute approximate surface area is 109 Å². The number of nitrogens with zero attached hydrogens (tertiary/aromatic N) is 1. The molecule has 2 aromatic rings. The van der Waals surface area contributed by atoms with Crippen molar-refractivity contribution in [2.24, 2.45) is 0 Å². The maximum absolute atomic E-state index is 12.2. The van der Waals surface area contributed by atoms with E-state index in [2.05, 4.69) is 4.98 Å². The van der Waals surface area contributed by atoms with Gasteiger partial charge in [0.1, 0.15) is 0 Å². The monoisotopic (exact) mass is 284 g/mol. The Bertz CT molecular complexity index is 654. The number of aromatic amines is 1. The quantitative estimate of drug-likeness (QED) is 0.918. The van der Waals surface area contributed by atoms with Gasteiger partial charge in [0, 0.05) is 30.7 Å². The first-order valence-electron chi connectivity index (χ1n) is 5.17. The maximum Gasteiger partial charge on any atom is 0.247 e. The van der Waals surface area contributed by atoms with Gasteiger partial charge in [0.2, 0.25) is 15.6 Å². The Balaban J connectivity index is 2.25. The van der Waals surface area contributed by atoms with Gasteiger partial charge in [-0.3, -0.25) is 4.79 Å². The molecule has 0 aliphatic heterocycles. The zero-order chi connectivity index (χ0) is 13.2. The lowest BCUT2D eigenvalue weighted by molar-refractivity contribution is 0.469. The summed E-state index contributed by atoms with van der Waals surface area (Å²) in [6, 6.07) is 6.26. The number of H-pyrrole nitrogens is 1. The van der Waals surface area contributed by atoms with E-state index in [1.54, 1.807) is 0 Å². The van der Waals surface area contributed by atoms with Crippen LogP contribution in [0.1, 0.15) is 4.88 Å². The first kappa shape index (κ1) is 13.0. The van der Waals surface area contributed by atoms with Crippen molar-refractivity contribution in [3.05, 3.63) is 51.1 Å². The average Bonchev–Trinajstić information content (AvgIpc) is 2.82. The highest BCUT2D eigenvalue weighted by Crippen LogP contribution is 2.17. The van der Waals surface area contributed by atoms with Crippen molar-refractivity contribution in [2.45, 2.75) is 11.4 Å². The fourth-order valence-corrected chi connectivity index (χ4v) is 3.40. The smallest absolute Gasteiger partial charge is 0.247 e. The molecule has 0 fully saturated rings. The summed E-state index contributed by atoms with van der Waals surface area (Å²) in [6.45, 7) is 0.319. The van der Waals surface area contributed by atoms with Crippen molar-refractivity contribution in [2.75, 3.05) is 7.05 Å².